The molecule has 0 aliphatic carbocycles. The van der Waals surface area contributed by atoms with Gasteiger partial charge >= 0.3 is 0 Å². The maximum absolute atomic E-state index is 12.0. The van der Waals surface area contributed by atoms with Crippen LogP contribution in [0.15, 0.2) is 24.3 Å². The summed E-state index contributed by atoms with van der Waals surface area (Å²) in [7, 11) is 0. The van der Waals surface area contributed by atoms with E-state index in [1.165, 1.54) is 52.1 Å². The van der Waals surface area contributed by atoms with Crippen LogP contribution in [0, 0.1) is 6.92 Å². The summed E-state index contributed by atoms with van der Waals surface area (Å²) in [6.07, 6.45) is 3.47. The van der Waals surface area contributed by atoms with E-state index in [0.717, 1.165) is 24.1 Å². The van der Waals surface area contributed by atoms with Crippen LogP contribution in [0.3, 0.4) is 0 Å². The standard InChI is InChI=1S/C19H31N3O/c1-3-21-12-14-22(15-13-21)11-6-4-5-10-20-19(23)18-9-7-8-17(2)16-18/h7-9,16H,3-6,10-15H2,1-2H3,(H,20,23). The summed E-state index contributed by atoms with van der Waals surface area (Å²) in [6.45, 7) is 12.2. The van der Waals surface area contributed by atoms with E-state index in [0.29, 0.717) is 0 Å². The fourth-order valence-electron chi connectivity index (χ4n) is 3.06. The van der Waals surface area contributed by atoms with Crippen LogP contribution in [0.25, 0.3) is 0 Å². The maximum atomic E-state index is 12.0. The topological polar surface area (TPSA) is 35.6 Å². The van der Waals surface area contributed by atoms with Crippen LogP contribution in [-0.2, 0) is 0 Å². The van der Waals surface area contributed by atoms with Crippen LogP contribution in [0.2, 0.25) is 0 Å². The van der Waals surface area contributed by atoms with Crippen molar-refractivity contribution < 1.29 is 4.79 Å². The molecule has 0 aromatic heterocycles. The van der Waals surface area contributed by atoms with E-state index in [1.54, 1.807) is 0 Å². The summed E-state index contributed by atoms with van der Waals surface area (Å²) in [5.41, 5.74) is 1.89. The number of unbranched alkanes of at least 4 members (excludes halogenated alkanes) is 2. The molecule has 0 radical (unpaired) electrons. The van der Waals surface area contributed by atoms with Gasteiger partial charge < -0.3 is 15.1 Å². The van der Waals surface area contributed by atoms with Crippen LogP contribution in [-0.4, -0.2) is 61.5 Å². The van der Waals surface area contributed by atoms with Crippen molar-refractivity contribution in [2.45, 2.75) is 33.1 Å². The highest BCUT2D eigenvalue weighted by Crippen LogP contribution is 2.05. The Labute approximate surface area is 140 Å². The molecule has 1 fully saturated rings. The monoisotopic (exact) mass is 317 g/mol. The Balaban J connectivity index is 1.52. The number of carbonyl (C=O) groups excluding carboxylic acids is 1. The molecule has 4 nitrogen and oxygen atoms in total. The fourth-order valence-corrected chi connectivity index (χ4v) is 3.06. The van der Waals surface area contributed by atoms with Crippen LogP contribution in [0.5, 0.6) is 0 Å². The zero-order chi connectivity index (χ0) is 16.5. The Morgan fingerprint density at radius 3 is 2.52 bits per heavy atom. The predicted octanol–water partition coefficient (Wildman–Crippen LogP) is 2.53. The van der Waals surface area contributed by atoms with Gasteiger partial charge in [0.25, 0.3) is 5.91 Å². The molecule has 1 aliphatic rings. The Hall–Kier alpha value is -1.39. The van der Waals surface area contributed by atoms with E-state index >= 15 is 0 Å². The number of benzene rings is 1. The molecular weight excluding hydrogens is 286 g/mol. The lowest BCUT2D eigenvalue weighted by Gasteiger charge is -2.33. The largest absolute Gasteiger partial charge is 0.352 e. The number of amides is 1. The predicted molar refractivity (Wildman–Crippen MR) is 95.9 cm³/mol. The van der Waals surface area contributed by atoms with Gasteiger partial charge in [0.15, 0.2) is 0 Å². The molecule has 0 unspecified atom stereocenters. The molecular formula is C19H31N3O. The number of rotatable bonds is 8. The van der Waals surface area contributed by atoms with Crippen LogP contribution in [0.1, 0.15) is 42.1 Å². The number of carbonyl (C=O) groups is 1. The van der Waals surface area contributed by atoms with Crippen molar-refractivity contribution in [2.75, 3.05) is 45.8 Å². The maximum Gasteiger partial charge on any atom is 0.251 e. The third-order valence-electron chi connectivity index (χ3n) is 4.63. The fraction of sp³-hybridized carbons (Fsp3) is 0.632. The molecule has 0 bridgehead atoms. The van der Waals surface area contributed by atoms with Gasteiger partial charge in [-0.05, 0) is 45.0 Å². The zero-order valence-electron chi connectivity index (χ0n) is 14.7. The average Bonchev–Trinajstić information content (AvgIpc) is 2.58. The number of hydrogen-bond donors (Lipinski definition) is 1. The van der Waals surface area contributed by atoms with E-state index in [2.05, 4.69) is 22.0 Å². The van der Waals surface area contributed by atoms with Gasteiger partial charge in [0.2, 0.25) is 0 Å². The lowest BCUT2D eigenvalue weighted by molar-refractivity contribution is 0.0952. The molecule has 1 aliphatic heterocycles. The van der Waals surface area contributed by atoms with E-state index in [1.807, 2.05) is 31.2 Å². The van der Waals surface area contributed by atoms with Crippen molar-refractivity contribution in [3.05, 3.63) is 35.4 Å². The minimum absolute atomic E-state index is 0.0457. The summed E-state index contributed by atoms with van der Waals surface area (Å²) >= 11 is 0. The molecule has 1 saturated heterocycles. The zero-order valence-corrected chi connectivity index (χ0v) is 14.7. The number of piperazine rings is 1. The smallest absolute Gasteiger partial charge is 0.251 e. The molecule has 1 heterocycles. The molecule has 0 atom stereocenters. The van der Waals surface area contributed by atoms with Gasteiger partial charge in [-0.25, -0.2) is 0 Å². The van der Waals surface area contributed by atoms with Crippen LogP contribution >= 0.6 is 0 Å². The first-order valence-electron chi connectivity index (χ1n) is 8.98. The highest BCUT2D eigenvalue weighted by atomic mass is 16.1. The Morgan fingerprint density at radius 1 is 1.09 bits per heavy atom. The van der Waals surface area contributed by atoms with Gasteiger partial charge in [-0.15, -0.1) is 0 Å². The second kappa shape index (κ2) is 9.68. The van der Waals surface area contributed by atoms with Gasteiger partial charge in [0.1, 0.15) is 0 Å². The number of nitrogens with one attached hydrogen (secondary N) is 1. The van der Waals surface area contributed by atoms with Crippen molar-refractivity contribution in [1.29, 1.82) is 0 Å². The molecule has 1 aromatic rings. The Kier molecular flexibility index (Phi) is 7.56. The molecule has 4 heteroatoms. The lowest BCUT2D eigenvalue weighted by Crippen LogP contribution is -2.46. The number of nitrogens with zero attached hydrogens (tertiary/aromatic N) is 2. The Bertz CT molecular complexity index is 481. The number of likely N-dealkylation sites (N-methyl/N-ethyl adjacent to an activating group) is 1. The van der Waals surface area contributed by atoms with E-state index in [-0.39, 0.29) is 5.91 Å². The summed E-state index contributed by atoms with van der Waals surface area (Å²) < 4.78 is 0. The van der Waals surface area contributed by atoms with Gasteiger partial charge in [-0.1, -0.05) is 31.0 Å². The van der Waals surface area contributed by atoms with Crippen LogP contribution < -0.4 is 5.32 Å². The second-order valence-corrected chi connectivity index (χ2v) is 6.46. The molecule has 128 valence electrons. The van der Waals surface area contributed by atoms with Gasteiger partial charge in [-0.3, -0.25) is 4.79 Å². The highest BCUT2D eigenvalue weighted by Gasteiger charge is 2.14. The second-order valence-electron chi connectivity index (χ2n) is 6.46. The van der Waals surface area contributed by atoms with Crippen molar-refractivity contribution in [2.24, 2.45) is 0 Å². The Morgan fingerprint density at radius 2 is 1.83 bits per heavy atom. The van der Waals surface area contributed by atoms with Crippen molar-refractivity contribution >= 4 is 5.91 Å². The van der Waals surface area contributed by atoms with Crippen molar-refractivity contribution in [1.82, 2.24) is 15.1 Å². The molecule has 1 amide bonds. The van der Waals surface area contributed by atoms with Gasteiger partial charge in [-0.2, -0.15) is 0 Å². The van der Waals surface area contributed by atoms with Crippen molar-refractivity contribution in [3.8, 4) is 0 Å². The number of aryl methyl sites for hydroxylation is 1. The molecule has 1 aromatic carbocycles. The first-order chi connectivity index (χ1) is 11.2. The van der Waals surface area contributed by atoms with Gasteiger partial charge in [0.05, 0.1) is 0 Å². The third-order valence-corrected chi connectivity index (χ3v) is 4.63. The molecule has 0 saturated carbocycles. The summed E-state index contributed by atoms with van der Waals surface area (Å²) in [6, 6.07) is 7.75. The number of hydrogen-bond acceptors (Lipinski definition) is 3. The van der Waals surface area contributed by atoms with Gasteiger partial charge in [0, 0.05) is 38.3 Å². The minimum atomic E-state index is 0.0457. The lowest BCUT2D eigenvalue weighted by atomic mass is 10.1. The normalized spacial score (nSPS) is 16.4. The summed E-state index contributed by atoms with van der Waals surface area (Å²) in [5, 5.41) is 3.02. The first kappa shape index (κ1) is 18.0. The van der Waals surface area contributed by atoms with E-state index in [4.69, 9.17) is 0 Å². The minimum Gasteiger partial charge on any atom is -0.352 e. The highest BCUT2D eigenvalue weighted by molar-refractivity contribution is 5.94. The molecule has 0 spiro atoms. The molecule has 2 rings (SSSR count). The van der Waals surface area contributed by atoms with Crippen molar-refractivity contribution in [3.63, 3.8) is 0 Å². The third kappa shape index (κ3) is 6.32. The van der Waals surface area contributed by atoms with E-state index in [9.17, 15) is 4.79 Å². The molecule has 1 N–H and O–H groups in total. The quantitative estimate of drug-likeness (QED) is 0.749. The SMILES string of the molecule is CCN1CCN(CCCCCNC(=O)c2cccc(C)c2)CC1. The summed E-state index contributed by atoms with van der Waals surface area (Å²) in [5.74, 6) is 0.0457. The molecule has 23 heavy (non-hydrogen) atoms. The average molecular weight is 317 g/mol. The summed E-state index contributed by atoms with van der Waals surface area (Å²) in [4.78, 5) is 17.1. The van der Waals surface area contributed by atoms with E-state index < -0.39 is 0 Å². The first-order valence-corrected chi connectivity index (χ1v) is 8.98. The van der Waals surface area contributed by atoms with Crippen LogP contribution in [0.4, 0.5) is 0 Å².